The van der Waals surface area contributed by atoms with Crippen LogP contribution < -0.4 is 0 Å². The number of hydrogen-bond donors (Lipinski definition) is 0. The van der Waals surface area contributed by atoms with Crippen LogP contribution >= 0.6 is 0 Å². The summed E-state index contributed by atoms with van der Waals surface area (Å²) in [7, 11) is 0. The molecule has 1 aliphatic heterocycles. The van der Waals surface area contributed by atoms with Gasteiger partial charge in [0, 0.05) is 31.7 Å². The van der Waals surface area contributed by atoms with Gasteiger partial charge in [-0.15, -0.1) is 0 Å². The Morgan fingerprint density at radius 1 is 1.04 bits per heavy atom. The van der Waals surface area contributed by atoms with Crippen molar-refractivity contribution in [3.63, 3.8) is 0 Å². The smallest absolute Gasteiger partial charge is 0.320 e. The van der Waals surface area contributed by atoms with Crippen LogP contribution in [0, 0.1) is 13.8 Å². The largest absolute Gasteiger partial charge is 0.465 e. The number of aryl methyl sites for hydroxylation is 2. The van der Waals surface area contributed by atoms with Crippen molar-refractivity contribution >= 4 is 22.9 Å². The van der Waals surface area contributed by atoms with Crippen molar-refractivity contribution in [2.24, 2.45) is 0 Å². The van der Waals surface area contributed by atoms with Gasteiger partial charge in [-0.05, 0) is 45.4 Å². The lowest BCUT2D eigenvalue weighted by atomic mass is 10.1. The summed E-state index contributed by atoms with van der Waals surface area (Å²) in [6.45, 7) is 9.03. The van der Waals surface area contributed by atoms with E-state index >= 15 is 0 Å². The Hall–Kier alpha value is -2.54. The maximum atomic E-state index is 12.9. The number of esters is 1. The Morgan fingerprint density at radius 3 is 2.52 bits per heavy atom. The summed E-state index contributed by atoms with van der Waals surface area (Å²) in [5.74, 6) is -0.217. The van der Waals surface area contributed by atoms with Gasteiger partial charge in [0.05, 0.1) is 35.6 Å². The van der Waals surface area contributed by atoms with E-state index in [1.165, 1.54) is 0 Å². The molecule has 0 radical (unpaired) electrons. The fraction of sp³-hybridized carbons (Fsp3) is 0.500. The molecule has 1 saturated heterocycles. The Kier molecular flexibility index (Phi) is 6.01. The second-order valence-electron chi connectivity index (χ2n) is 6.82. The van der Waals surface area contributed by atoms with Crippen LogP contribution in [0.5, 0.6) is 0 Å². The van der Waals surface area contributed by atoms with E-state index in [0.29, 0.717) is 31.8 Å². The molecule has 1 fully saturated rings. The normalized spacial score (nSPS) is 15.6. The molecule has 0 aliphatic carbocycles. The van der Waals surface area contributed by atoms with Crippen LogP contribution in [0.1, 0.15) is 35.1 Å². The lowest BCUT2D eigenvalue weighted by molar-refractivity contribution is -0.144. The Morgan fingerprint density at radius 2 is 1.78 bits per heavy atom. The summed E-state index contributed by atoms with van der Waals surface area (Å²) in [4.78, 5) is 37.6. The minimum atomic E-state index is -0.212. The summed E-state index contributed by atoms with van der Waals surface area (Å²) < 4.78 is 5.01. The molecule has 2 aromatic rings. The van der Waals surface area contributed by atoms with Crippen LogP contribution in [0.4, 0.5) is 0 Å². The van der Waals surface area contributed by atoms with Gasteiger partial charge >= 0.3 is 5.97 Å². The number of rotatable bonds is 4. The summed E-state index contributed by atoms with van der Waals surface area (Å²) in [5, 5.41) is 0. The first kappa shape index (κ1) is 19.2. The number of carbonyl (C=O) groups is 2. The fourth-order valence-corrected chi connectivity index (χ4v) is 3.27. The molecule has 0 spiro atoms. The van der Waals surface area contributed by atoms with E-state index in [4.69, 9.17) is 4.74 Å². The number of fused-ring (bicyclic) bond motifs is 1. The highest BCUT2D eigenvalue weighted by Gasteiger charge is 2.22. The Bertz CT molecular complexity index is 852. The molecular formula is C20H26N4O3. The molecule has 0 saturated carbocycles. The fourth-order valence-electron chi connectivity index (χ4n) is 3.27. The summed E-state index contributed by atoms with van der Waals surface area (Å²) in [5.41, 5.74) is 3.93. The highest BCUT2D eigenvalue weighted by Crippen LogP contribution is 2.17. The second-order valence-corrected chi connectivity index (χ2v) is 6.82. The number of amides is 1. The minimum absolute atomic E-state index is 0.00471. The van der Waals surface area contributed by atoms with Crippen LogP contribution in [0.3, 0.4) is 0 Å². The third-order valence-electron chi connectivity index (χ3n) is 4.86. The monoisotopic (exact) mass is 370 g/mol. The molecule has 27 heavy (non-hydrogen) atoms. The van der Waals surface area contributed by atoms with Crippen molar-refractivity contribution in [1.82, 2.24) is 19.8 Å². The molecule has 144 valence electrons. The Labute approximate surface area is 159 Å². The van der Waals surface area contributed by atoms with Gasteiger partial charge in [0.2, 0.25) is 0 Å². The second kappa shape index (κ2) is 8.43. The molecule has 1 aromatic heterocycles. The van der Waals surface area contributed by atoms with Gasteiger partial charge in [0.25, 0.3) is 5.91 Å². The predicted octanol–water partition coefficient (Wildman–Crippen LogP) is 1.96. The molecular weight excluding hydrogens is 344 g/mol. The lowest BCUT2D eigenvalue weighted by Gasteiger charge is -2.21. The van der Waals surface area contributed by atoms with Crippen molar-refractivity contribution in [3.8, 4) is 0 Å². The van der Waals surface area contributed by atoms with E-state index in [1.807, 2.05) is 41.8 Å². The molecule has 7 nitrogen and oxygen atoms in total. The van der Waals surface area contributed by atoms with E-state index in [9.17, 15) is 9.59 Å². The average Bonchev–Trinajstić information content (AvgIpc) is 2.87. The molecule has 7 heteroatoms. The molecule has 1 aromatic carbocycles. The van der Waals surface area contributed by atoms with E-state index in [0.717, 1.165) is 35.4 Å². The predicted molar refractivity (Wildman–Crippen MR) is 103 cm³/mol. The number of ether oxygens (including phenoxy) is 1. The molecule has 0 atom stereocenters. The first-order valence-corrected chi connectivity index (χ1v) is 9.40. The molecule has 1 aliphatic rings. The van der Waals surface area contributed by atoms with E-state index in [-0.39, 0.29) is 18.4 Å². The molecule has 3 rings (SSSR count). The van der Waals surface area contributed by atoms with Crippen molar-refractivity contribution in [2.45, 2.75) is 27.2 Å². The molecule has 0 N–H and O–H groups in total. The molecule has 0 bridgehead atoms. The third kappa shape index (κ3) is 4.60. The quantitative estimate of drug-likeness (QED) is 0.766. The van der Waals surface area contributed by atoms with Gasteiger partial charge in [-0.2, -0.15) is 0 Å². The molecule has 0 unspecified atom stereocenters. The number of carbonyl (C=O) groups excluding carboxylic acids is 2. The van der Waals surface area contributed by atoms with Gasteiger partial charge in [0.1, 0.15) is 0 Å². The van der Waals surface area contributed by atoms with E-state index in [2.05, 4.69) is 9.97 Å². The standard InChI is InChI=1S/C20H26N4O3/c1-4-27-19(25)13-23-8-5-9-24(11-10-23)20(26)16-6-7-17-18(12-16)22-15(3)14(2)21-17/h6-7,12H,4-5,8-11,13H2,1-3H3. The van der Waals surface area contributed by atoms with Gasteiger partial charge in [0.15, 0.2) is 0 Å². The number of aromatic nitrogens is 2. The maximum absolute atomic E-state index is 12.9. The maximum Gasteiger partial charge on any atom is 0.320 e. The van der Waals surface area contributed by atoms with Gasteiger partial charge in [-0.25, -0.2) is 9.97 Å². The average molecular weight is 370 g/mol. The topological polar surface area (TPSA) is 75.6 Å². The zero-order chi connectivity index (χ0) is 19.4. The SMILES string of the molecule is CCOC(=O)CN1CCCN(C(=O)c2ccc3nc(C)c(C)nc3c2)CC1. The van der Waals surface area contributed by atoms with Crippen molar-refractivity contribution in [1.29, 1.82) is 0 Å². The van der Waals surface area contributed by atoms with E-state index < -0.39 is 0 Å². The summed E-state index contributed by atoms with van der Waals surface area (Å²) in [6, 6.07) is 5.49. The third-order valence-corrected chi connectivity index (χ3v) is 4.86. The highest BCUT2D eigenvalue weighted by atomic mass is 16.5. The van der Waals surface area contributed by atoms with Crippen molar-refractivity contribution in [2.75, 3.05) is 39.3 Å². The highest BCUT2D eigenvalue weighted by molar-refractivity contribution is 5.97. The van der Waals surface area contributed by atoms with Crippen LogP contribution in [0.25, 0.3) is 11.0 Å². The first-order valence-electron chi connectivity index (χ1n) is 9.40. The number of nitrogens with zero attached hydrogens (tertiary/aromatic N) is 4. The van der Waals surface area contributed by atoms with E-state index in [1.54, 1.807) is 6.92 Å². The van der Waals surface area contributed by atoms with Crippen LogP contribution in [-0.2, 0) is 9.53 Å². The van der Waals surface area contributed by atoms with Crippen molar-refractivity contribution < 1.29 is 14.3 Å². The zero-order valence-corrected chi connectivity index (χ0v) is 16.2. The number of benzene rings is 1. The zero-order valence-electron chi connectivity index (χ0n) is 16.2. The number of hydrogen-bond acceptors (Lipinski definition) is 6. The summed E-state index contributed by atoms with van der Waals surface area (Å²) >= 11 is 0. The van der Waals surface area contributed by atoms with Gasteiger partial charge in [-0.3, -0.25) is 14.5 Å². The summed E-state index contributed by atoms with van der Waals surface area (Å²) in [6.07, 6.45) is 0.830. The molecule has 2 heterocycles. The van der Waals surface area contributed by atoms with Crippen molar-refractivity contribution in [3.05, 3.63) is 35.2 Å². The van der Waals surface area contributed by atoms with Gasteiger partial charge in [-0.1, -0.05) is 0 Å². The minimum Gasteiger partial charge on any atom is -0.465 e. The molecule has 1 amide bonds. The lowest BCUT2D eigenvalue weighted by Crippen LogP contribution is -2.37. The Balaban J connectivity index is 1.69. The van der Waals surface area contributed by atoms with Crippen LogP contribution in [0.2, 0.25) is 0 Å². The van der Waals surface area contributed by atoms with Crippen LogP contribution in [0.15, 0.2) is 18.2 Å². The van der Waals surface area contributed by atoms with Gasteiger partial charge < -0.3 is 9.64 Å². The van der Waals surface area contributed by atoms with Crippen LogP contribution in [-0.4, -0.2) is 71.0 Å². The first-order chi connectivity index (χ1) is 13.0.